The van der Waals surface area contributed by atoms with E-state index in [1.807, 2.05) is 37.3 Å². The zero-order valence-electron chi connectivity index (χ0n) is 11.4. The van der Waals surface area contributed by atoms with Crippen LogP contribution < -0.4 is 10.5 Å². The van der Waals surface area contributed by atoms with Crippen molar-refractivity contribution < 1.29 is 4.74 Å². The maximum atomic E-state index is 5.99. The average Bonchev–Trinajstić information content (AvgIpc) is 2.36. The fourth-order valence-electron chi connectivity index (χ4n) is 1.87. The highest BCUT2D eigenvalue weighted by atomic mass is 79.9. The van der Waals surface area contributed by atoms with Gasteiger partial charge >= 0.3 is 0 Å². The fourth-order valence-corrected chi connectivity index (χ4v) is 2.25. The van der Waals surface area contributed by atoms with Gasteiger partial charge in [-0.1, -0.05) is 22.0 Å². The molecule has 2 aromatic rings. The lowest BCUT2D eigenvalue weighted by Crippen LogP contribution is -2.06. The van der Waals surface area contributed by atoms with Crippen molar-refractivity contribution in [1.29, 1.82) is 0 Å². The predicted octanol–water partition coefficient (Wildman–Crippen LogP) is 4.88. The third-order valence-electron chi connectivity index (χ3n) is 3.17. The third-order valence-corrected chi connectivity index (χ3v) is 3.66. The highest BCUT2D eigenvalue weighted by Gasteiger charge is 2.10. The van der Waals surface area contributed by atoms with E-state index in [0.717, 1.165) is 21.5 Å². The fraction of sp³-hybridized carbons (Fsp3) is 0.250. The number of hydrogen-bond acceptors (Lipinski definition) is 2. The Morgan fingerprint density at radius 2 is 1.79 bits per heavy atom. The Morgan fingerprint density at radius 3 is 2.42 bits per heavy atom. The molecule has 0 aliphatic heterocycles. The van der Waals surface area contributed by atoms with E-state index in [1.165, 1.54) is 11.1 Å². The normalized spacial score (nSPS) is 12.3. The first-order chi connectivity index (χ1) is 8.97. The quantitative estimate of drug-likeness (QED) is 0.875. The maximum absolute atomic E-state index is 5.99. The molecule has 2 rings (SSSR count). The van der Waals surface area contributed by atoms with E-state index in [-0.39, 0.29) is 6.04 Å². The van der Waals surface area contributed by atoms with Gasteiger partial charge in [0.2, 0.25) is 0 Å². The molecule has 0 radical (unpaired) electrons. The number of hydrogen-bond donors (Lipinski definition) is 1. The van der Waals surface area contributed by atoms with Crippen LogP contribution in [-0.2, 0) is 0 Å². The lowest BCUT2D eigenvalue weighted by molar-refractivity contribution is 0.471. The molecule has 2 N–H and O–H groups in total. The summed E-state index contributed by atoms with van der Waals surface area (Å²) >= 11 is 3.46. The van der Waals surface area contributed by atoms with Gasteiger partial charge in [-0.25, -0.2) is 0 Å². The predicted molar refractivity (Wildman–Crippen MR) is 82.7 cm³/mol. The number of aryl methyl sites for hydroxylation is 2. The van der Waals surface area contributed by atoms with E-state index in [2.05, 4.69) is 35.8 Å². The van der Waals surface area contributed by atoms with Crippen molar-refractivity contribution in [3.8, 4) is 11.5 Å². The monoisotopic (exact) mass is 319 g/mol. The Morgan fingerprint density at radius 1 is 1.05 bits per heavy atom. The second kappa shape index (κ2) is 5.76. The van der Waals surface area contributed by atoms with Gasteiger partial charge in [-0.2, -0.15) is 0 Å². The summed E-state index contributed by atoms with van der Waals surface area (Å²) in [6, 6.07) is 11.9. The molecule has 100 valence electrons. The number of halogens is 1. The summed E-state index contributed by atoms with van der Waals surface area (Å²) in [5.41, 5.74) is 9.46. The molecule has 1 atom stereocenters. The van der Waals surface area contributed by atoms with Crippen LogP contribution in [0.15, 0.2) is 40.9 Å². The molecule has 0 fully saturated rings. The minimum absolute atomic E-state index is 0.0703. The van der Waals surface area contributed by atoms with Gasteiger partial charge in [-0.15, -0.1) is 0 Å². The van der Waals surface area contributed by atoms with E-state index in [9.17, 15) is 0 Å². The maximum Gasteiger partial charge on any atom is 0.132 e. The molecule has 0 aromatic heterocycles. The zero-order valence-corrected chi connectivity index (χ0v) is 13.0. The van der Waals surface area contributed by atoms with Crippen LogP contribution in [0.5, 0.6) is 11.5 Å². The Balaban J connectivity index is 2.35. The Labute approximate surface area is 122 Å². The minimum atomic E-state index is -0.0703. The van der Waals surface area contributed by atoms with Crippen LogP contribution in [0, 0.1) is 13.8 Å². The topological polar surface area (TPSA) is 35.2 Å². The van der Waals surface area contributed by atoms with Crippen LogP contribution in [-0.4, -0.2) is 0 Å². The summed E-state index contributed by atoms with van der Waals surface area (Å²) in [4.78, 5) is 0. The van der Waals surface area contributed by atoms with Gasteiger partial charge in [0.25, 0.3) is 0 Å². The van der Waals surface area contributed by atoms with Gasteiger partial charge in [0.1, 0.15) is 11.5 Å². The highest BCUT2D eigenvalue weighted by molar-refractivity contribution is 9.10. The summed E-state index contributed by atoms with van der Waals surface area (Å²) in [5.74, 6) is 1.65. The third kappa shape index (κ3) is 3.37. The molecule has 0 saturated heterocycles. The molecule has 0 bridgehead atoms. The Bertz CT molecular complexity index is 593. The van der Waals surface area contributed by atoms with Crippen molar-refractivity contribution in [2.24, 2.45) is 5.73 Å². The van der Waals surface area contributed by atoms with E-state index < -0.39 is 0 Å². The second-order valence-corrected chi connectivity index (χ2v) is 5.73. The lowest BCUT2D eigenvalue weighted by Gasteiger charge is -2.15. The van der Waals surface area contributed by atoms with Crippen molar-refractivity contribution in [2.75, 3.05) is 0 Å². The molecule has 0 spiro atoms. The largest absolute Gasteiger partial charge is 0.457 e. The second-order valence-electron chi connectivity index (χ2n) is 4.82. The van der Waals surface area contributed by atoms with E-state index in [0.29, 0.717) is 0 Å². The first kappa shape index (κ1) is 14.1. The first-order valence-electron chi connectivity index (χ1n) is 6.27. The molecule has 19 heavy (non-hydrogen) atoms. The van der Waals surface area contributed by atoms with Crippen LogP contribution in [0.1, 0.15) is 29.7 Å². The van der Waals surface area contributed by atoms with Gasteiger partial charge in [-0.05, 0) is 62.2 Å². The average molecular weight is 320 g/mol. The van der Waals surface area contributed by atoms with Crippen LogP contribution >= 0.6 is 15.9 Å². The molecule has 0 aliphatic rings. The van der Waals surface area contributed by atoms with E-state index in [4.69, 9.17) is 10.5 Å². The van der Waals surface area contributed by atoms with Gasteiger partial charge in [0, 0.05) is 16.1 Å². The van der Waals surface area contributed by atoms with E-state index >= 15 is 0 Å². The zero-order chi connectivity index (χ0) is 14.0. The summed E-state index contributed by atoms with van der Waals surface area (Å²) in [6.07, 6.45) is 0. The molecule has 0 aliphatic carbocycles. The van der Waals surface area contributed by atoms with Gasteiger partial charge < -0.3 is 10.5 Å². The van der Waals surface area contributed by atoms with Crippen LogP contribution in [0.4, 0.5) is 0 Å². The molecular weight excluding hydrogens is 302 g/mol. The standard InChI is InChI=1S/C16H18BrNO/c1-10-4-6-14(8-11(10)2)19-16-7-5-13(17)9-15(16)12(3)18/h4-9,12H,18H2,1-3H3. The molecule has 0 amide bonds. The molecule has 1 unspecified atom stereocenters. The number of ether oxygens (including phenoxy) is 1. The molecule has 0 heterocycles. The molecule has 0 saturated carbocycles. The Hall–Kier alpha value is -1.32. The van der Waals surface area contributed by atoms with Crippen LogP contribution in [0.2, 0.25) is 0 Å². The summed E-state index contributed by atoms with van der Waals surface area (Å²) < 4.78 is 6.97. The smallest absolute Gasteiger partial charge is 0.132 e. The van der Waals surface area contributed by atoms with Gasteiger partial charge in [0.15, 0.2) is 0 Å². The number of rotatable bonds is 3. The van der Waals surface area contributed by atoms with Crippen molar-refractivity contribution in [3.05, 3.63) is 57.6 Å². The van der Waals surface area contributed by atoms with Crippen molar-refractivity contribution >= 4 is 15.9 Å². The van der Waals surface area contributed by atoms with Crippen molar-refractivity contribution in [3.63, 3.8) is 0 Å². The van der Waals surface area contributed by atoms with E-state index in [1.54, 1.807) is 0 Å². The number of nitrogens with two attached hydrogens (primary N) is 1. The SMILES string of the molecule is Cc1ccc(Oc2ccc(Br)cc2C(C)N)cc1C. The lowest BCUT2D eigenvalue weighted by atomic mass is 10.1. The summed E-state index contributed by atoms with van der Waals surface area (Å²) in [7, 11) is 0. The first-order valence-corrected chi connectivity index (χ1v) is 7.07. The van der Waals surface area contributed by atoms with Crippen LogP contribution in [0.25, 0.3) is 0 Å². The van der Waals surface area contributed by atoms with Crippen molar-refractivity contribution in [1.82, 2.24) is 0 Å². The molecule has 2 aromatic carbocycles. The summed E-state index contributed by atoms with van der Waals surface area (Å²) in [5, 5.41) is 0. The molecule has 2 nitrogen and oxygen atoms in total. The molecular formula is C16H18BrNO. The van der Waals surface area contributed by atoms with Crippen molar-refractivity contribution in [2.45, 2.75) is 26.8 Å². The minimum Gasteiger partial charge on any atom is -0.457 e. The highest BCUT2D eigenvalue weighted by Crippen LogP contribution is 2.31. The number of benzene rings is 2. The molecule has 3 heteroatoms. The van der Waals surface area contributed by atoms with Gasteiger partial charge in [-0.3, -0.25) is 0 Å². The Kier molecular flexibility index (Phi) is 4.27. The summed E-state index contributed by atoms with van der Waals surface area (Å²) in [6.45, 7) is 6.12. The van der Waals surface area contributed by atoms with Crippen LogP contribution in [0.3, 0.4) is 0 Å². The van der Waals surface area contributed by atoms with Gasteiger partial charge in [0.05, 0.1) is 0 Å².